The third-order valence-corrected chi connectivity index (χ3v) is 2.82. The fraction of sp³-hybridized carbons (Fsp3) is 0.800. The van der Waals surface area contributed by atoms with Gasteiger partial charge in [-0.25, -0.2) is 0 Å². The molecule has 1 heterocycles. The summed E-state index contributed by atoms with van der Waals surface area (Å²) in [6.07, 6.45) is 1.41. The van der Waals surface area contributed by atoms with Crippen LogP contribution in [0.4, 0.5) is 0 Å². The maximum Gasteiger partial charge on any atom is 0.163 e. The Kier molecular flexibility index (Phi) is 2.39. The topological polar surface area (TPSA) is 18.5 Å². The Morgan fingerprint density at radius 3 is 2.77 bits per heavy atom. The molecule has 2 fully saturated rings. The Balaban J connectivity index is 1.88. The van der Waals surface area contributed by atoms with E-state index in [0.29, 0.717) is 11.8 Å². The standard InChI is InChI=1S/C10H13BrO2/c1-10(2)12-6-9(13-10)8-5-7(8)3-4-11/h7-9H,5-6H2,1-2H3/t7-,8?,9-/m1/s1. The van der Waals surface area contributed by atoms with E-state index < -0.39 is 0 Å². The van der Waals surface area contributed by atoms with Crippen LogP contribution in [0.25, 0.3) is 0 Å². The first kappa shape index (κ1) is 9.51. The third-order valence-electron chi connectivity index (χ3n) is 2.59. The van der Waals surface area contributed by atoms with Crippen molar-refractivity contribution in [3.05, 3.63) is 0 Å². The second kappa shape index (κ2) is 3.27. The van der Waals surface area contributed by atoms with Crippen molar-refractivity contribution < 1.29 is 9.47 Å². The maximum atomic E-state index is 5.74. The van der Waals surface area contributed by atoms with Crippen molar-refractivity contribution >= 4 is 15.9 Å². The van der Waals surface area contributed by atoms with Gasteiger partial charge in [-0.15, -0.1) is 0 Å². The van der Waals surface area contributed by atoms with Gasteiger partial charge in [0.05, 0.1) is 12.7 Å². The van der Waals surface area contributed by atoms with Crippen molar-refractivity contribution in [2.75, 3.05) is 6.61 Å². The molecule has 0 bridgehead atoms. The molecule has 72 valence electrons. The van der Waals surface area contributed by atoms with Gasteiger partial charge in [-0.1, -0.05) is 5.92 Å². The van der Waals surface area contributed by atoms with Crippen LogP contribution in [0.15, 0.2) is 0 Å². The summed E-state index contributed by atoms with van der Waals surface area (Å²) in [4.78, 5) is 2.77. The number of rotatable bonds is 1. The summed E-state index contributed by atoms with van der Waals surface area (Å²) in [5.41, 5.74) is 0. The zero-order chi connectivity index (χ0) is 9.47. The van der Waals surface area contributed by atoms with Gasteiger partial charge in [-0.3, -0.25) is 0 Å². The highest BCUT2D eigenvalue weighted by Crippen LogP contribution is 2.45. The highest BCUT2D eigenvalue weighted by molar-refractivity contribution is 9.12. The summed E-state index contributed by atoms with van der Waals surface area (Å²) in [5.74, 6) is 3.82. The molecule has 1 aliphatic heterocycles. The number of ether oxygens (including phenoxy) is 2. The third kappa shape index (κ3) is 2.07. The quantitative estimate of drug-likeness (QED) is 0.659. The summed E-state index contributed by atoms with van der Waals surface area (Å²) >= 11 is 3.12. The summed E-state index contributed by atoms with van der Waals surface area (Å²) < 4.78 is 11.2. The van der Waals surface area contributed by atoms with E-state index >= 15 is 0 Å². The fourth-order valence-corrected chi connectivity index (χ4v) is 2.08. The lowest BCUT2D eigenvalue weighted by molar-refractivity contribution is -0.140. The van der Waals surface area contributed by atoms with Gasteiger partial charge in [0, 0.05) is 27.8 Å². The molecule has 1 aliphatic carbocycles. The summed E-state index contributed by atoms with van der Waals surface area (Å²) in [6, 6.07) is 0. The van der Waals surface area contributed by atoms with Crippen molar-refractivity contribution in [3.8, 4) is 10.8 Å². The van der Waals surface area contributed by atoms with Crippen LogP contribution in [0.2, 0.25) is 0 Å². The molecule has 2 rings (SSSR count). The SMILES string of the molecule is CC1(C)OC[C@H](C2C[C@H]2C#CBr)O1. The molecule has 0 N–H and O–H groups in total. The molecule has 0 amide bonds. The largest absolute Gasteiger partial charge is 0.348 e. The molecule has 13 heavy (non-hydrogen) atoms. The van der Waals surface area contributed by atoms with Crippen molar-refractivity contribution in [2.45, 2.75) is 32.2 Å². The molecule has 0 aromatic heterocycles. The molecule has 3 atom stereocenters. The van der Waals surface area contributed by atoms with Gasteiger partial charge in [0.25, 0.3) is 0 Å². The highest BCUT2D eigenvalue weighted by atomic mass is 79.9. The van der Waals surface area contributed by atoms with Gasteiger partial charge >= 0.3 is 0 Å². The van der Waals surface area contributed by atoms with Crippen LogP contribution in [0, 0.1) is 22.6 Å². The van der Waals surface area contributed by atoms with Crippen LogP contribution in [0.1, 0.15) is 20.3 Å². The minimum atomic E-state index is -0.389. The highest BCUT2D eigenvalue weighted by Gasteiger charge is 2.48. The lowest BCUT2D eigenvalue weighted by atomic mass is 10.2. The monoisotopic (exact) mass is 244 g/mol. The molecule has 0 spiro atoms. The van der Waals surface area contributed by atoms with E-state index in [1.807, 2.05) is 13.8 Å². The molecule has 3 heteroatoms. The fourth-order valence-electron chi connectivity index (χ4n) is 1.79. The van der Waals surface area contributed by atoms with E-state index in [9.17, 15) is 0 Å². The second-order valence-electron chi connectivity index (χ2n) is 4.11. The van der Waals surface area contributed by atoms with Gasteiger partial charge < -0.3 is 9.47 Å². The number of hydrogen-bond donors (Lipinski definition) is 0. The molecular formula is C10H13BrO2. The first-order valence-corrected chi connectivity index (χ1v) is 5.34. The second-order valence-corrected chi connectivity index (χ2v) is 4.51. The average molecular weight is 245 g/mol. The van der Waals surface area contributed by atoms with Gasteiger partial charge in [-0.2, -0.15) is 0 Å². The van der Waals surface area contributed by atoms with Crippen molar-refractivity contribution in [2.24, 2.45) is 11.8 Å². The molecule has 0 aromatic carbocycles. The van der Waals surface area contributed by atoms with Crippen LogP contribution < -0.4 is 0 Å². The lowest BCUT2D eigenvalue weighted by Crippen LogP contribution is -2.22. The first-order chi connectivity index (χ1) is 6.12. The minimum Gasteiger partial charge on any atom is -0.348 e. The van der Waals surface area contributed by atoms with Crippen LogP contribution in [-0.4, -0.2) is 18.5 Å². The predicted octanol–water partition coefficient (Wildman–Crippen LogP) is 2.13. The molecule has 2 nitrogen and oxygen atoms in total. The van der Waals surface area contributed by atoms with E-state index in [0.717, 1.165) is 13.0 Å². The number of hydrogen-bond acceptors (Lipinski definition) is 2. The van der Waals surface area contributed by atoms with Crippen LogP contribution >= 0.6 is 15.9 Å². The van der Waals surface area contributed by atoms with Crippen molar-refractivity contribution in [1.82, 2.24) is 0 Å². The smallest absolute Gasteiger partial charge is 0.163 e. The van der Waals surface area contributed by atoms with Crippen molar-refractivity contribution in [1.29, 1.82) is 0 Å². The Morgan fingerprint density at radius 2 is 2.23 bits per heavy atom. The Labute approximate surface area is 87.1 Å². The zero-order valence-corrected chi connectivity index (χ0v) is 9.43. The maximum absolute atomic E-state index is 5.74. The van der Waals surface area contributed by atoms with Gasteiger partial charge in [-0.05, 0) is 25.1 Å². The summed E-state index contributed by atoms with van der Waals surface area (Å²) in [5, 5.41) is 0. The van der Waals surface area contributed by atoms with E-state index in [1.54, 1.807) is 0 Å². The van der Waals surface area contributed by atoms with E-state index in [-0.39, 0.29) is 11.9 Å². The van der Waals surface area contributed by atoms with Crippen LogP contribution in [0.3, 0.4) is 0 Å². The van der Waals surface area contributed by atoms with Gasteiger partial charge in [0.1, 0.15) is 0 Å². The number of halogens is 1. The lowest BCUT2D eigenvalue weighted by Gasteiger charge is -2.16. The van der Waals surface area contributed by atoms with Gasteiger partial charge in [0.15, 0.2) is 5.79 Å². The normalized spacial score (nSPS) is 41.0. The Hall–Kier alpha value is -0.0400. The van der Waals surface area contributed by atoms with Crippen molar-refractivity contribution in [3.63, 3.8) is 0 Å². The van der Waals surface area contributed by atoms with Crippen LogP contribution in [0.5, 0.6) is 0 Å². The zero-order valence-electron chi connectivity index (χ0n) is 7.84. The molecule has 1 unspecified atom stereocenters. The Morgan fingerprint density at radius 1 is 1.46 bits per heavy atom. The van der Waals surface area contributed by atoms with Gasteiger partial charge in [0.2, 0.25) is 0 Å². The van der Waals surface area contributed by atoms with E-state index in [4.69, 9.17) is 9.47 Å². The Bertz CT molecular complexity index is 264. The van der Waals surface area contributed by atoms with Crippen LogP contribution in [-0.2, 0) is 9.47 Å². The molecule has 2 aliphatic rings. The summed E-state index contributed by atoms with van der Waals surface area (Å²) in [6.45, 7) is 4.64. The molecule has 1 saturated heterocycles. The molecule has 0 radical (unpaired) electrons. The molecule has 0 aromatic rings. The van der Waals surface area contributed by atoms with E-state index in [2.05, 4.69) is 26.7 Å². The minimum absolute atomic E-state index is 0.258. The van der Waals surface area contributed by atoms with E-state index in [1.165, 1.54) is 0 Å². The average Bonchev–Trinajstić information content (AvgIpc) is 2.70. The summed E-state index contributed by atoms with van der Waals surface area (Å²) in [7, 11) is 0. The predicted molar refractivity (Wildman–Crippen MR) is 53.2 cm³/mol. The molecular weight excluding hydrogens is 232 g/mol. The first-order valence-electron chi connectivity index (χ1n) is 4.55. The molecule has 1 saturated carbocycles.